The van der Waals surface area contributed by atoms with Crippen LogP contribution in [0.15, 0.2) is 16.0 Å². The van der Waals surface area contributed by atoms with Gasteiger partial charge in [-0.25, -0.2) is 13.4 Å². The smallest absolute Gasteiger partial charge is 0.251 e. The zero-order valence-corrected chi connectivity index (χ0v) is 13.9. The number of nitrogens with one attached hydrogen (secondary N) is 2. The fraction of sp³-hybridized carbons (Fsp3) is 0.615. The van der Waals surface area contributed by atoms with E-state index >= 15 is 0 Å². The van der Waals surface area contributed by atoms with E-state index in [1.54, 1.807) is 0 Å². The van der Waals surface area contributed by atoms with Crippen molar-refractivity contribution in [1.82, 2.24) is 15.3 Å². The Morgan fingerprint density at radius 2 is 2.32 bits per heavy atom. The molecule has 0 aliphatic carbocycles. The van der Waals surface area contributed by atoms with Crippen LogP contribution in [0.25, 0.3) is 0 Å². The molecule has 1 saturated heterocycles. The van der Waals surface area contributed by atoms with E-state index in [0.717, 1.165) is 18.2 Å². The summed E-state index contributed by atoms with van der Waals surface area (Å²) in [6.45, 7) is 2.00. The summed E-state index contributed by atoms with van der Waals surface area (Å²) in [7, 11) is -3.01. The number of aromatic amines is 1. The maximum atomic E-state index is 11.8. The second kappa shape index (κ2) is 7.28. The van der Waals surface area contributed by atoms with Crippen molar-refractivity contribution in [2.45, 2.75) is 37.4 Å². The van der Waals surface area contributed by atoms with Crippen molar-refractivity contribution >= 4 is 27.5 Å². The summed E-state index contributed by atoms with van der Waals surface area (Å²) in [6, 6.07) is 1.15. The molecular formula is C13H19N3O4S2. The van der Waals surface area contributed by atoms with Crippen LogP contribution in [0.3, 0.4) is 0 Å². The van der Waals surface area contributed by atoms with E-state index in [2.05, 4.69) is 15.3 Å². The lowest BCUT2D eigenvalue weighted by Crippen LogP contribution is -2.36. The third-order valence-corrected chi connectivity index (χ3v) is 5.86. The molecule has 1 aromatic heterocycles. The Labute approximate surface area is 133 Å². The second-order valence-electron chi connectivity index (χ2n) is 5.25. The van der Waals surface area contributed by atoms with Crippen LogP contribution in [-0.4, -0.2) is 47.6 Å². The number of rotatable bonds is 6. The molecule has 2 rings (SSSR count). The molecule has 0 bridgehead atoms. The summed E-state index contributed by atoms with van der Waals surface area (Å²) in [5, 5.41) is 3.11. The molecule has 22 heavy (non-hydrogen) atoms. The summed E-state index contributed by atoms with van der Waals surface area (Å²) in [5.74, 6) is -0.0332. The zero-order chi connectivity index (χ0) is 16.2. The van der Waals surface area contributed by atoms with Crippen LogP contribution in [0.4, 0.5) is 0 Å². The molecule has 1 aliphatic heterocycles. The van der Waals surface area contributed by atoms with Crippen molar-refractivity contribution in [3.8, 4) is 0 Å². The van der Waals surface area contributed by atoms with E-state index < -0.39 is 9.84 Å². The van der Waals surface area contributed by atoms with Crippen molar-refractivity contribution in [2.75, 3.05) is 17.3 Å². The minimum Gasteiger partial charge on any atom is -0.352 e. The van der Waals surface area contributed by atoms with Gasteiger partial charge in [0.2, 0.25) is 5.91 Å². The molecule has 1 atom stereocenters. The first-order chi connectivity index (χ1) is 10.4. The van der Waals surface area contributed by atoms with Crippen molar-refractivity contribution in [3.05, 3.63) is 22.1 Å². The van der Waals surface area contributed by atoms with Crippen LogP contribution in [-0.2, 0) is 21.1 Å². The van der Waals surface area contributed by atoms with Crippen LogP contribution in [0, 0.1) is 0 Å². The summed E-state index contributed by atoms with van der Waals surface area (Å²) >= 11 is 1.14. The van der Waals surface area contributed by atoms with E-state index in [-0.39, 0.29) is 34.8 Å². The van der Waals surface area contributed by atoms with Crippen LogP contribution in [0.5, 0.6) is 0 Å². The molecule has 2 N–H and O–H groups in total. The standard InChI is InChI=1S/C13H19N3O4S2/c1-2-3-9-6-11(17)16-13(15-9)21-7-12(18)14-10-4-5-22(19,20)8-10/h6,10H,2-5,7-8H2,1H3,(H,14,18)(H,15,16,17)/t10-/m1/s1. The topological polar surface area (TPSA) is 109 Å². The van der Waals surface area contributed by atoms with E-state index in [4.69, 9.17) is 0 Å². The van der Waals surface area contributed by atoms with Crippen LogP contribution in [0.2, 0.25) is 0 Å². The fourth-order valence-corrected chi connectivity index (χ4v) is 4.63. The Bertz CT molecular complexity index is 699. The van der Waals surface area contributed by atoms with E-state index in [9.17, 15) is 18.0 Å². The number of nitrogens with zero attached hydrogens (tertiary/aromatic N) is 1. The van der Waals surface area contributed by atoms with Crippen molar-refractivity contribution in [3.63, 3.8) is 0 Å². The van der Waals surface area contributed by atoms with Gasteiger partial charge in [0, 0.05) is 17.8 Å². The van der Waals surface area contributed by atoms with Crippen molar-refractivity contribution in [1.29, 1.82) is 0 Å². The van der Waals surface area contributed by atoms with Gasteiger partial charge >= 0.3 is 0 Å². The first-order valence-corrected chi connectivity index (χ1v) is 9.91. The van der Waals surface area contributed by atoms with Crippen LogP contribution >= 0.6 is 11.8 Å². The third kappa shape index (κ3) is 5.13. The number of amides is 1. The maximum absolute atomic E-state index is 11.8. The van der Waals surface area contributed by atoms with E-state index in [1.165, 1.54) is 6.07 Å². The van der Waals surface area contributed by atoms with E-state index in [1.807, 2.05) is 6.92 Å². The minimum atomic E-state index is -3.01. The lowest BCUT2D eigenvalue weighted by molar-refractivity contribution is -0.119. The summed E-state index contributed by atoms with van der Waals surface area (Å²) in [4.78, 5) is 30.2. The normalized spacial score (nSPS) is 20.0. The lowest BCUT2D eigenvalue weighted by atomic mass is 10.2. The first kappa shape index (κ1) is 17.0. The quantitative estimate of drug-likeness (QED) is 0.560. The molecule has 0 aromatic carbocycles. The highest BCUT2D eigenvalue weighted by molar-refractivity contribution is 7.99. The zero-order valence-electron chi connectivity index (χ0n) is 12.3. The summed E-state index contributed by atoms with van der Waals surface area (Å²) in [6.07, 6.45) is 2.06. The highest BCUT2D eigenvalue weighted by atomic mass is 32.2. The Kier molecular flexibility index (Phi) is 5.63. The molecular weight excluding hydrogens is 326 g/mol. The van der Waals surface area contributed by atoms with Gasteiger partial charge in [0.15, 0.2) is 15.0 Å². The average molecular weight is 345 g/mol. The molecule has 0 unspecified atom stereocenters. The van der Waals surface area contributed by atoms with Crippen molar-refractivity contribution < 1.29 is 13.2 Å². The number of carbonyl (C=O) groups is 1. The Morgan fingerprint density at radius 3 is 2.95 bits per heavy atom. The number of H-pyrrole nitrogens is 1. The van der Waals surface area contributed by atoms with Gasteiger partial charge in [0.1, 0.15) is 0 Å². The number of hydrogen-bond acceptors (Lipinski definition) is 6. The van der Waals surface area contributed by atoms with Gasteiger partial charge in [-0.15, -0.1) is 0 Å². The highest BCUT2D eigenvalue weighted by Crippen LogP contribution is 2.14. The summed E-state index contributed by atoms with van der Waals surface area (Å²) in [5.41, 5.74) is 0.472. The van der Waals surface area contributed by atoms with Gasteiger partial charge in [0.05, 0.1) is 17.3 Å². The monoisotopic (exact) mass is 345 g/mol. The number of aromatic nitrogens is 2. The predicted octanol–water partition coefficient (Wildman–Crippen LogP) is 0.118. The number of carbonyl (C=O) groups excluding carboxylic acids is 1. The summed E-state index contributed by atoms with van der Waals surface area (Å²) < 4.78 is 22.7. The number of aryl methyl sites for hydroxylation is 1. The highest BCUT2D eigenvalue weighted by Gasteiger charge is 2.28. The Hall–Kier alpha value is -1.35. The fourth-order valence-electron chi connectivity index (χ4n) is 2.25. The molecule has 1 aromatic rings. The number of hydrogen-bond donors (Lipinski definition) is 2. The Morgan fingerprint density at radius 1 is 1.55 bits per heavy atom. The molecule has 122 valence electrons. The molecule has 0 spiro atoms. The van der Waals surface area contributed by atoms with Gasteiger partial charge in [-0.1, -0.05) is 25.1 Å². The molecule has 9 heteroatoms. The predicted molar refractivity (Wildman–Crippen MR) is 84.8 cm³/mol. The Balaban J connectivity index is 1.87. The van der Waals surface area contributed by atoms with Gasteiger partial charge in [-0.3, -0.25) is 9.59 Å². The molecule has 7 nitrogen and oxygen atoms in total. The van der Waals surface area contributed by atoms with Gasteiger partial charge in [-0.05, 0) is 12.8 Å². The van der Waals surface area contributed by atoms with Gasteiger partial charge < -0.3 is 10.3 Å². The molecule has 1 fully saturated rings. The number of sulfone groups is 1. The molecule has 2 heterocycles. The molecule has 0 radical (unpaired) electrons. The maximum Gasteiger partial charge on any atom is 0.251 e. The van der Waals surface area contributed by atoms with Gasteiger partial charge in [0.25, 0.3) is 5.56 Å². The average Bonchev–Trinajstić information content (AvgIpc) is 2.75. The lowest BCUT2D eigenvalue weighted by Gasteiger charge is -2.10. The van der Waals surface area contributed by atoms with Gasteiger partial charge in [-0.2, -0.15) is 0 Å². The van der Waals surface area contributed by atoms with E-state index in [0.29, 0.717) is 23.7 Å². The molecule has 1 aliphatic rings. The molecule has 0 saturated carbocycles. The first-order valence-electron chi connectivity index (χ1n) is 7.11. The minimum absolute atomic E-state index is 0.00444. The van der Waals surface area contributed by atoms with Crippen LogP contribution < -0.4 is 10.9 Å². The SMILES string of the molecule is CCCc1cc(=O)[nH]c(SCC(=O)N[C@@H]2CCS(=O)(=O)C2)n1. The second-order valence-corrected chi connectivity index (χ2v) is 8.44. The third-order valence-electron chi connectivity index (χ3n) is 3.22. The largest absolute Gasteiger partial charge is 0.352 e. The number of thioether (sulfide) groups is 1. The van der Waals surface area contributed by atoms with Crippen LogP contribution in [0.1, 0.15) is 25.5 Å². The van der Waals surface area contributed by atoms with Crippen molar-refractivity contribution in [2.24, 2.45) is 0 Å². The molecule has 1 amide bonds.